The zero-order valence-electron chi connectivity index (χ0n) is 3.13. The molecule has 0 bridgehead atoms. The summed E-state index contributed by atoms with van der Waals surface area (Å²) >= 11 is 2.34. The van der Waals surface area contributed by atoms with Crippen molar-refractivity contribution >= 4 is 24.5 Å². The summed E-state index contributed by atoms with van der Waals surface area (Å²) in [5.41, 5.74) is 0. The van der Waals surface area contributed by atoms with E-state index in [9.17, 15) is 8.96 Å². The molecule has 0 aromatic carbocycles. The van der Waals surface area contributed by atoms with Crippen LogP contribution in [-0.4, -0.2) is 6.86 Å². The Kier molecular flexibility index (Phi) is 4.87. The summed E-state index contributed by atoms with van der Waals surface area (Å²) in [5.74, 6) is 0. The van der Waals surface area contributed by atoms with E-state index in [1.165, 1.54) is 0 Å². The molecule has 0 N–H and O–H groups in total. The first-order chi connectivity index (χ1) is 3.31. The standard InChI is InChI=1S/CH2BrFO3P/c2-6-7(4)5-1-3/h1H2/q+1. The average Bonchev–Trinajstić information content (AvgIpc) is 1.68. The third-order valence-corrected chi connectivity index (χ3v) is 1.34. The lowest BCUT2D eigenvalue weighted by Crippen LogP contribution is -1.71. The largest absolute Gasteiger partial charge is 0.712 e. The number of alkyl halides is 1. The second-order valence-corrected chi connectivity index (χ2v) is 2.24. The molecule has 0 radical (unpaired) electrons. The molecule has 0 saturated heterocycles. The Balaban J connectivity index is 3.00. The Morgan fingerprint density at radius 3 is 2.57 bits per heavy atom. The second kappa shape index (κ2) is 4.59. The molecule has 0 amide bonds. The van der Waals surface area contributed by atoms with E-state index in [0.717, 1.165) is 0 Å². The van der Waals surface area contributed by atoms with Crippen LogP contribution in [0.4, 0.5) is 4.39 Å². The van der Waals surface area contributed by atoms with Crippen molar-refractivity contribution in [3.05, 3.63) is 0 Å². The van der Waals surface area contributed by atoms with Gasteiger partial charge in [-0.2, -0.15) is 0 Å². The van der Waals surface area contributed by atoms with Crippen molar-refractivity contribution in [2.45, 2.75) is 0 Å². The quantitative estimate of drug-likeness (QED) is 0.640. The summed E-state index contributed by atoms with van der Waals surface area (Å²) in [6.45, 7) is -1.10. The Hall–Kier alpha value is 0.430. The minimum atomic E-state index is -2.29. The van der Waals surface area contributed by atoms with Gasteiger partial charge in [-0.25, -0.2) is 4.39 Å². The molecule has 0 rings (SSSR count). The molecule has 0 aromatic heterocycles. The predicted molar refractivity (Wildman–Crippen MR) is 24.7 cm³/mol. The molecule has 3 nitrogen and oxygen atoms in total. The van der Waals surface area contributed by atoms with Crippen LogP contribution in [0.15, 0.2) is 0 Å². The maximum absolute atomic E-state index is 10.9. The molecule has 0 aliphatic heterocycles. The molecule has 7 heavy (non-hydrogen) atoms. The van der Waals surface area contributed by atoms with Crippen molar-refractivity contribution in [3.63, 3.8) is 0 Å². The first kappa shape index (κ1) is 7.43. The zero-order valence-corrected chi connectivity index (χ0v) is 5.62. The van der Waals surface area contributed by atoms with Crippen molar-refractivity contribution in [2.24, 2.45) is 0 Å². The average molecular weight is 192 g/mol. The maximum Gasteiger partial charge on any atom is 0.712 e. The van der Waals surface area contributed by atoms with Gasteiger partial charge in [-0.05, 0) is 3.62 Å². The molecule has 1 atom stereocenters. The lowest BCUT2D eigenvalue weighted by Gasteiger charge is -1.69. The normalized spacial score (nSPS) is 11.4. The molecule has 0 spiro atoms. The topological polar surface area (TPSA) is 35.5 Å². The highest BCUT2D eigenvalue weighted by molar-refractivity contribution is 9.06. The molecule has 0 aromatic rings. The molecule has 0 heterocycles. The van der Waals surface area contributed by atoms with Gasteiger partial charge in [0.2, 0.25) is 6.86 Å². The van der Waals surface area contributed by atoms with E-state index >= 15 is 0 Å². The summed E-state index contributed by atoms with van der Waals surface area (Å²) in [7, 11) is -2.29. The molecule has 0 aliphatic rings. The highest BCUT2D eigenvalue weighted by Gasteiger charge is 2.17. The third kappa shape index (κ3) is 4.28. The van der Waals surface area contributed by atoms with E-state index in [1.807, 2.05) is 0 Å². The van der Waals surface area contributed by atoms with Crippen LogP contribution in [0.5, 0.6) is 0 Å². The Labute approximate surface area is 49.2 Å². The first-order valence-electron chi connectivity index (χ1n) is 1.26. The molecule has 0 aliphatic carbocycles. The lowest BCUT2D eigenvalue weighted by atomic mass is 11.6. The summed E-state index contributed by atoms with van der Waals surface area (Å²) in [6.07, 6.45) is 0. The SMILES string of the molecule is O=[P+](OBr)OCF. The molecule has 42 valence electrons. The first-order valence-corrected chi connectivity index (χ1v) is 3.00. The van der Waals surface area contributed by atoms with Gasteiger partial charge in [0.1, 0.15) is 0 Å². The van der Waals surface area contributed by atoms with Crippen LogP contribution in [0.2, 0.25) is 0 Å². The number of halogens is 2. The van der Waals surface area contributed by atoms with Crippen molar-refractivity contribution in [1.82, 2.24) is 0 Å². The van der Waals surface area contributed by atoms with Gasteiger partial charge in [0.15, 0.2) is 16.3 Å². The summed E-state index contributed by atoms with van der Waals surface area (Å²) in [6, 6.07) is 0. The van der Waals surface area contributed by atoms with Crippen LogP contribution in [-0.2, 0) is 12.7 Å². The van der Waals surface area contributed by atoms with Gasteiger partial charge in [0, 0.05) is 4.57 Å². The minimum Gasteiger partial charge on any atom is -0.214 e. The van der Waals surface area contributed by atoms with E-state index in [0.29, 0.717) is 0 Å². The Morgan fingerprint density at radius 1 is 1.86 bits per heavy atom. The molecule has 1 unspecified atom stereocenters. The second-order valence-electron chi connectivity index (χ2n) is 0.531. The lowest BCUT2D eigenvalue weighted by molar-refractivity contribution is 0.187. The van der Waals surface area contributed by atoms with Crippen molar-refractivity contribution in [2.75, 3.05) is 6.86 Å². The number of hydrogen-bond donors (Lipinski definition) is 0. The summed E-state index contributed by atoms with van der Waals surface area (Å²) in [5, 5.41) is 0. The summed E-state index contributed by atoms with van der Waals surface area (Å²) < 4.78 is 28.4. The maximum atomic E-state index is 10.9. The molecule has 0 fully saturated rings. The van der Waals surface area contributed by atoms with Gasteiger partial charge in [-0.3, -0.25) is 0 Å². The fourth-order valence-electron chi connectivity index (χ4n) is 0.0598. The van der Waals surface area contributed by atoms with Gasteiger partial charge < -0.3 is 0 Å². The van der Waals surface area contributed by atoms with Gasteiger partial charge in [0.05, 0.1) is 0 Å². The predicted octanol–water partition coefficient (Wildman–Crippen LogP) is 1.91. The van der Waals surface area contributed by atoms with E-state index in [4.69, 9.17) is 0 Å². The molecular weight excluding hydrogens is 190 g/mol. The van der Waals surface area contributed by atoms with Crippen molar-refractivity contribution < 1.29 is 17.1 Å². The van der Waals surface area contributed by atoms with E-state index in [2.05, 4.69) is 24.4 Å². The molecular formula is CH2BrFO3P+. The Bertz CT molecular complexity index is 68.0. The molecule has 0 saturated carbocycles. The highest BCUT2D eigenvalue weighted by Crippen LogP contribution is 2.25. The van der Waals surface area contributed by atoms with E-state index < -0.39 is 15.1 Å². The van der Waals surface area contributed by atoms with Crippen LogP contribution in [0.25, 0.3) is 0 Å². The molecule has 6 heteroatoms. The van der Waals surface area contributed by atoms with Gasteiger partial charge >= 0.3 is 8.25 Å². The summed E-state index contributed by atoms with van der Waals surface area (Å²) in [4.78, 5) is 0. The van der Waals surface area contributed by atoms with Crippen molar-refractivity contribution in [1.29, 1.82) is 0 Å². The number of hydrogen-bond acceptors (Lipinski definition) is 3. The van der Waals surface area contributed by atoms with E-state index in [-0.39, 0.29) is 0 Å². The monoisotopic (exact) mass is 191 g/mol. The van der Waals surface area contributed by atoms with Gasteiger partial charge in [0.25, 0.3) is 0 Å². The van der Waals surface area contributed by atoms with Crippen LogP contribution in [0, 0.1) is 0 Å². The van der Waals surface area contributed by atoms with Crippen LogP contribution < -0.4 is 0 Å². The van der Waals surface area contributed by atoms with Gasteiger partial charge in [-0.15, -0.1) is 0 Å². The van der Waals surface area contributed by atoms with Crippen LogP contribution in [0.3, 0.4) is 0 Å². The fraction of sp³-hybridized carbons (Fsp3) is 1.00. The van der Waals surface area contributed by atoms with Crippen molar-refractivity contribution in [3.8, 4) is 0 Å². The Morgan fingerprint density at radius 2 is 2.43 bits per heavy atom. The van der Waals surface area contributed by atoms with Gasteiger partial charge in [-0.1, -0.05) is 4.52 Å². The van der Waals surface area contributed by atoms with E-state index in [1.54, 1.807) is 0 Å². The minimum absolute atomic E-state index is 1.10. The smallest absolute Gasteiger partial charge is 0.214 e. The third-order valence-electron chi connectivity index (χ3n) is 0.211. The highest BCUT2D eigenvalue weighted by atomic mass is 79.9. The van der Waals surface area contributed by atoms with Crippen LogP contribution >= 0.6 is 24.5 Å². The van der Waals surface area contributed by atoms with Crippen LogP contribution in [0.1, 0.15) is 0 Å². The fourth-order valence-corrected chi connectivity index (χ4v) is 0.430. The zero-order chi connectivity index (χ0) is 5.70. The number of rotatable bonds is 3.